The number of rotatable bonds is 13. The number of aromatic nitrogens is 2. The highest BCUT2D eigenvalue weighted by molar-refractivity contribution is 5.82. The predicted octanol–water partition coefficient (Wildman–Crippen LogP) is 9.48. The lowest BCUT2D eigenvalue weighted by Gasteiger charge is -2.30. The summed E-state index contributed by atoms with van der Waals surface area (Å²) in [7, 11) is 0. The minimum Gasteiger partial charge on any atom is -0.492 e. The van der Waals surface area contributed by atoms with E-state index in [1.807, 2.05) is 18.2 Å². The average Bonchev–Trinajstić information content (AvgIpc) is 3.28. The summed E-state index contributed by atoms with van der Waals surface area (Å²) in [5.74, 6) is 3.50. The molecule has 0 N–H and O–H groups in total. The van der Waals surface area contributed by atoms with E-state index < -0.39 is 0 Å². The molecular weight excluding hydrogens is 506 g/mol. The third kappa shape index (κ3) is 7.91. The average molecular weight is 556 g/mol. The molecule has 5 nitrogen and oxygen atoms in total. The van der Waals surface area contributed by atoms with Crippen LogP contribution in [0.2, 0.25) is 0 Å². The zero-order chi connectivity index (χ0) is 29.6. The molecule has 1 aromatic heterocycles. The van der Waals surface area contributed by atoms with Crippen molar-refractivity contribution in [3.05, 3.63) is 72.3 Å². The Hall–Kier alpha value is -3.31. The van der Waals surface area contributed by atoms with Crippen LogP contribution in [-0.4, -0.2) is 39.7 Å². The van der Waals surface area contributed by atoms with Gasteiger partial charge in [0.25, 0.3) is 0 Å². The van der Waals surface area contributed by atoms with Gasteiger partial charge in [-0.3, -0.25) is 4.90 Å². The number of aryl methyl sites for hydroxylation is 1. The molecule has 0 bridgehead atoms. The first-order valence-corrected chi connectivity index (χ1v) is 15.3. The second kappa shape index (κ2) is 13.6. The first-order chi connectivity index (χ1) is 19.6. The van der Waals surface area contributed by atoms with Gasteiger partial charge in [-0.05, 0) is 81.5 Å². The Morgan fingerprint density at radius 1 is 0.829 bits per heavy atom. The van der Waals surface area contributed by atoms with Crippen molar-refractivity contribution in [2.45, 2.75) is 98.7 Å². The summed E-state index contributed by atoms with van der Waals surface area (Å²) in [6, 6.07) is 24.0. The molecule has 1 heterocycles. The van der Waals surface area contributed by atoms with Crippen molar-refractivity contribution in [1.29, 1.82) is 0 Å². The Bertz CT molecular complexity index is 1390. The van der Waals surface area contributed by atoms with Crippen LogP contribution in [-0.2, 0) is 12.0 Å². The van der Waals surface area contributed by atoms with E-state index in [-0.39, 0.29) is 5.41 Å². The van der Waals surface area contributed by atoms with Crippen LogP contribution in [0.3, 0.4) is 0 Å². The first kappa shape index (κ1) is 30.6. The molecule has 0 aliphatic heterocycles. The Balaban J connectivity index is 1.59. The molecule has 0 radical (unpaired) electrons. The number of benzene rings is 3. The third-order valence-corrected chi connectivity index (χ3v) is 7.70. The van der Waals surface area contributed by atoms with Gasteiger partial charge in [0.2, 0.25) is 0 Å². The molecule has 0 saturated carbocycles. The SMILES string of the molecule is CCCCCn1c(-c2cccc(Oc3ccc(C(C)(C)C)cc3)c2)nc2ccc(OCCN(C(C)C)C(C)C)cc21. The van der Waals surface area contributed by atoms with Crippen LogP contribution in [0.15, 0.2) is 66.7 Å². The van der Waals surface area contributed by atoms with Gasteiger partial charge in [0.05, 0.1) is 11.0 Å². The van der Waals surface area contributed by atoms with E-state index >= 15 is 0 Å². The Kier molecular flexibility index (Phi) is 10.1. The largest absolute Gasteiger partial charge is 0.492 e. The molecular formula is C36H49N3O2. The maximum absolute atomic E-state index is 6.28. The molecule has 3 aromatic carbocycles. The lowest BCUT2D eigenvalue weighted by atomic mass is 9.87. The van der Waals surface area contributed by atoms with E-state index in [9.17, 15) is 0 Å². The van der Waals surface area contributed by atoms with E-state index in [2.05, 4.69) is 113 Å². The summed E-state index contributed by atoms with van der Waals surface area (Å²) in [6.07, 6.45) is 3.47. The predicted molar refractivity (Wildman–Crippen MR) is 172 cm³/mol. The second-order valence-corrected chi connectivity index (χ2v) is 12.6. The van der Waals surface area contributed by atoms with Crippen LogP contribution < -0.4 is 9.47 Å². The molecule has 0 unspecified atom stereocenters. The van der Waals surface area contributed by atoms with E-state index in [4.69, 9.17) is 14.5 Å². The van der Waals surface area contributed by atoms with Crippen LogP contribution in [0.25, 0.3) is 22.4 Å². The summed E-state index contributed by atoms with van der Waals surface area (Å²) >= 11 is 0. The monoisotopic (exact) mass is 555 g/mol. The highest BCUT2D eigenvalue weighted by atomic mass is 16.5. The highest BCUT2D eigenvalue weighted by Crippen LogP contribution is 2.32. The number of unbranched alkanes of at least 4 members (excludes halogenated alkanes) is 2. The molecule has 0 saturated heterocycles. The normalized spacial score (nSPS) is 12.2. The summed E-state index contributed by atoms with van der Waals surface area (Å²) in [6.45, 7) is 20.4. The van der Waals surface area contributed by atoms with Crippen LogP contribution >= 0.6 is 0 Å². The molecule has 0 spiro atoms. The standard InChI is InChI=1S/C36H49N3O2/c1-9-10-11-21-39-34-25-31(40-23-22-38(26(2)3)27(4)5)19-20-33(34)37-35(39)28-13-12-14-32(24-28)41-30-17-15-29(16-18-30)36(6,7)8/h12-20,24-27H,9-11,21-23H2,1-8H3. The Morgan fingerprint density at radius 3 is 2.20 bits per heavy atom. The van der Waals surface area contributed by atoms with Gasteiger partial charge < -0.3 is 14.0 Å². The molecule has 0 atom stereocenters. The van der Waals surface area contributed by atoms with Gasteiger partial charge in [-0.1, -0.05) is 64.8 Å². The summed E-state index contributed by atoms with van der Waals surface area (Å²) in [5, 5.41) is 0. The van der Waals surface area contributed by atoms with Gasteiger partial charge >= 0.3 is 0 Å². The summed E-state index contributed by atoms with van der Waals surface area (Å²) in [4.78, 5) is 7.55. The van der Waals surface area contributed by atoms with Crippen molar-refractivity contribution in [2.24, 2.45) is 0 Å². The van der Waals surface area contributed by atoms with Gasteiger partial charge in [-0.25, -0.2) is 4.98 Å². The van der Waals surface area contributed by atoms with Gasteiger partial charge in [-0.15, -0.1) is 0 Å². The molecule has 4 aromatic rings. The molecule has 0 aliphatic rings. The van der Waals surface area contributed by atoms with Gasteiger partial charge in [0.1, 0.15) is 29.7 Å². The Labute approximate surface area is 247 Å². The molecule has 5 heteroatoms. The van der Waals surface area contributed by atoms with Crippen molar-refractivity contribution >= 4 is 11.0 Å². The zero-order valence-electron chi connectivity index (χ0n) is 26.4. The molecule has 41 heavy (non-hydrogen) atoms. The van der Waals surface area contributed by atoms with Crippen LogP contribution in [0.5, 0.6) is 17.2 Å². The number of nitrogens with zero attached hydrogens (tertiary/aromatic N) is 3. The van der Waals surface area contributed by atoms with Gasteiger partial charge in [-0.2, -0.15) is 0 Å². The van der Waals surface area contributed by atoms with Crippen molar-refractivity contribution in [1.82, 2.24) is 14.5 Å². The number of fused-ring (bicyclic) bond motifs is 1. The van der Waals surface area contributed by atoms with Crippen molar-refractivity contribution in [3.8, 4) is 28.6 Å². The van der Waals surface area contributed by atoms with E-state index in [0.717, 1.165) is 59.2 Å². The maximum atomic E-state index is 6.28. The summed E-state index contributed by atoms with van der Waals surface area (Å²) < 4.78 is 14.9. The maximum Gasteiger partial charge on any atom is 0.141 e. The lowest BCUT2D eigenvalue weighted by molar-refractivity contribution is 0.142. The smallest absolute Gasteiger partial charge is 0.141 e. The molecule has 220 valence electrons. The molecule has 0 fully saturated rings. The van der Waals surface area contributed by atoms with E-state index in [0.29, 0.717) is 18.7 Å². The molecule has 4 rings (SSSR count). The third-order valence-electron chi connectivity index (χ3n) is 7.70. The zero-order valence-corrected chi connectivity index (χ0v) is 26.4. The lowest BCUT2D eigenvalue weighted by Crippen LogP contribution is -2.39. The molecule has 0 amide bonds. The van der Waals surface area contributed by atoms with Crippen molar-refractivity contribution in [3.63, 3.8) is 0 Å². The fourth-order valence-electron chi connectivity index (χ4n) is 5.40. The van der Waals surface area contributed by atoms with Gasteiger partial charge in [0, 0.05) is 36.8 Å². The van der Waals surface area contributed by atoms with E-state index in [1.165, 1.54) is 18.4 Å². The first-order valence-electron chi connectivity index (χ1n) is 15.3. The number of imidazole rings is 1. The number of hydrogen-bond acceptors (Lipinski definition) is 4. The quantitative estimate of drug-likeness (QED) is 0.154. The van der Waals surface area contributed by atoms with Crippen LogP contribution in [0.1, 0.15) is 80.2 Å². The minimum absolute atomic E-state index is 0.114. The fraction of sp³-hybridized carbons (Fsp3) is 0.472. The minimum atomic E-state index is 0.114. The fourth-order valence-corrected chi connectivity index (χ4v) is 5.40. The van der Waals surface area contributed by atoms with Crippen LogP contribution in [0, 0.1) is 0 Å². The summed E-state index contributed by atoms with van der Waals surface area (Å²) in [5.41, 5.74) is 4.55. The topological polar surface area (TPSA) is 39.5 Å². The second-order valence-electron chi connectivity index (χ2n) is 12.6. The number of hydrogen-bond donors (Lipinski definition) is 0. The number of ether oxygens (including phenoxy) is 2. The van der Waals surface area contributed by atoms with E-state index in [1.54, 1.807) is 0 Å². The van der Waals surface area contributed by atoms with Crippen molar-refractivity contribution in [2.75, 3.05) is 13.2 Å². The van der Waals surface area contributed by atoms with Crippen LogP contribution in [0.4, 0.5) is 0 Å². The van der Waals surface area contributed by atoms with Gasteiger partial charge in [0.15, 0.2) is 0 Å². The van der Waals surface area contributed by atoms with Crippen molar-refractivity contribution < 1.29 is 9.47 Å². The highest BCUT2D eigenvalue weighted by Gasteiger charge is 2.17. The molecule has 0 aliphatic carbocycles. The Morgan fingerprint density at radius 2 is 1.54 bits per heavy atom.